The Morgan fingerprint density at radius 1 is 1.10 bits per heavy atom. The van der Waals surface area contributed by atoms with Crippen molar-refractivity contribution >= 4 is 33.4 Å². The predicted molar refractivity (Wildman–Crippen MR) is 71.3 cm³/mol. The van der Waals surface area contributed by atoms with E-state index in [0.717, 1.165) is 0 Å². The van der Waals surface area contributed by atoms with Gasteiger partial charge in [0.05, 0.1) is 10.5 Å². The molecule has 0 aliphatic carbocycles. The molecule has 2 N–H and O–H groups in total. The summed E-state index contributed by atoms with van der Waals surface area (Å²) < 4.78 is 26.2. The number of nitrogens with zero attached hydrogens (tertiary/aromatic N) is 2. The average Bonchev–Trinajstić information content (AvgIpc) is 2.41. The molecule has 20 heavy (non-hydrogen) atoms. The quantitative estimate of drug-likeness (QED) is 0.887. The molecule has 2 aromatic rings. The number of anilines is 1. The number of carboxylic acids is 1. The molecule has 0 spiro atoms. The number of rotatable bonds is 4. The molecule has 0 unspecified atom stereocenters. The fourth-order valence-corrected chi connectivity index (χ4v) is 2.44. The van der Waals surface area contributed by atoms with Crippen LogP contribution in [0.5, 0.6) is 0 Å². The molecular weight excluding hydrogens is 306 g/mol. The molecule has 7 nitrogen and oxygen atoms in total. The molecular formula is C11H8ClN3O4S. The minimum Gasteiger partial charge on any atom is -0.478 e. The molecule has 1 heterocycles. The maximum atomic E-state index is 12.0. The molecule has 1 aromatic heterocycles. The molecule has 0 bridgehead atoms. The van der Waals surface area contributed by atoms with E-state index in [4.69, 9.17) is 16.7 Å². The normalized spacial score (nSPS) is 11.1. The highest BCUT2D eigenvalue weighted by Crippen LogP contribution is 2.15. The summed E-state index contributed by atoms with van der Waals surface area (Å²) in [7, 11) is -3.86. The Morgan fingerprint density at radius 3 is 2.25 bits per heavy atom. The molecule has 0 atom stereocenters. The number of aromatic carboxylic acids is 1. The number of halogens is 1. The summed E-state index contributed by atoms with van der Waals surface area (Å²) in [4.78, 5) is 10.6. The van der Waals surface area contributed by atoms with Crippen molar-refractivity contribution in [3.05, 3.63) is 47.1 Å². The van der Waals surface area contributed by atoms with Crippen molar-refractivity contribution in [2.75, 3.05) is 4.72 Å². The summed E-state index contributed by atoms with van der Waals surface area (Å²) in [6.45, 7) is 0. The van der Waals surface area contributed by atoms with Crippen LogP contribution in [0.4, 0.5) is 5.82 Å². The predicted octanol–water partition coefficient (Wildman–Crippen LogP) is 1.63. The van der Waals surface area contributed by atoms with Gasteiger partial charge in [0.25, 0.3) is 10.0 Å². The molecule has 104 valence electrons. The summed E-state index contributed by atoms with van der Waals surface area (Å²) in [6, 6.07) is 7.53. The summed E-state index contributed by atoms with van der Waals surface area (Å²) in [5.41, 5.74) is -0.00441. The van der Waals surface area contributed by atoms with E-state index in [1.165, 1.54) is 36.4 Å². The minimum atomic E-state index is -3.86. The maximum absolute atomic E-state index is 12.0. The topological polar surface area (TPSA) is 109 Å². The molecule has 0 aliphatic rings. The highest BCUT2D eigenvalue weighted by Gasteiger charge is 2.15. The third-order valence-corrected chi connectivity index (χ3v) is 3.85. The first-order chi connectivity index (χ1) is 9.38. The third kappa shape index (κ3) is 3.22. The van der Waals surface area contributed by atoms with Gasteiger partial charge in [0.1, 0.15) is 0 Å². The van der Waals surface area contributed by atoms with Crippen molar-refractivity contribution in [1.82, 2.24) is 10.2 Å². The van der Waals surface area contributed by atoms with Gasteiger partial charge in [-0.3, -0.25) is 4.72 Å². The number of carbonyl (C=O) groups is 1. The second kappa shape index (κ2) is 5.43. The maximum Gasteiger partial charge on any atom is 0.335 e. The fraction of sp³-hybridized carbons (Fsp3) is 0. The highest BCUT2D eigenvalue weighted by molar-refractivity contribution is 7.92. The first-order valence-corrected chi connectivity index (χ1v) is 7.10. The van der Waals surface area contributed by atoms with Crippen molar-refractivity contribution < 1.29 is 18.3 Å². The van der Waals surface area contributed by atoms with Gasteiger partial charge in [-0.1, -0.05) is 11.6 Å². The number of hydrogen-bond donors (Lipinski definition) is 2. The Morgan fingerprint density at radius 2 is 1.75 bits per heavy atom. The van der Waals surface area contributed by atoms with E-state index >= 15 is 0 Å². The molecule has 0 saturated heterocycles. The first-order valence-electron chi connectivity index (χ1n) is 5.24. The SMILES string of the molecule is O=C(O)c1ccc(S(=O)(=O)Nc2ccc(Cl)nn2)cc1. The summed E-state index contributed by atoms with van der Waals surface area (Å²) >= 11 is 5.54. The number of aromatic nitrogens is 2. The number of nitrogens with one attached hydrogen (secondary N) is 1. The second-order valence-corrected chi connectivity index (χ2v) is 5.75. The lowest BCUT2D eigenvalue weighted by atomic mass is 10.2. The van der Waals surface area contributed by atoms with Crippen LogP contribution in [0.2, 0.25) is 5.15 Å². The zero-order valence-corrected chi connectivity index (χ0v) is 11.4. The van der Waals surface area contributed by atoms with Crippen LogP contribution >= 0.6 is 11.6 Å². The van der Waals surface area contributed by atoms with Crippen LogP contribution < -0.4 is 4.72 Å². The van der Waals surface area contributed by atoms with E-state index in [2.05, 4.69) is 14.9 Å². The lowest BCUT2D eigenvalue weighted by molar-refractivity contribution is 0.0697. The van der Waals surface area contributed by atoms with Crippen LogP contribution in [-0.4, -0.2) is 29.7 Å². The molecule has 0 amide bonds. The van der Waals surface area contributed by atoms with Gasteiger partial charge in [-0.15, -0.1) is 10.2 Å². The van der Waals surface area contributed by atoms with Gasteiger partial charge in [-0.25, -0.2) is 13.2 Å². The number of carboxylic acid groups (broad SMARTS) is 1. The molecule has 2 rings (SSSR count). The number of benzene rings is 1. The van der Waals surface area contributed by atoms with Gasteiger partial charge in [0.2, 0.25) is 0 Å². The zero-order valence-electron chi connectivity index (χ0n) is 9.82. The summed E-state index contributed by atoms with van der Waals surface area (Å²) in [5.74, 6) is -1.12. The van der Waals surface area contributed by atoms with Crippen molar-refractivity contribution in [1.29, 1.82) is 0 Å². The van der Waals surface area contributed by atoms with Gasteiger partial charge in [-0.2, -0.15) is 0 Å². The Kier molecular flexibility index (Phi) is 3.86. The van der Waals surface area contributed by atoms with Crippen LogP contribution in [0.15, 0.2) is 41.3 Å². The Labute approximate surface area is 119 Å². The van der Waals surface area contributed by atoms with Gasteiger partial charge >= 0.3 is 5.97 Å². The third-order valence-electron chi connectivity index (χ3n) is 2.28. The standard InChI is InChI=1S/C11H8ClN3O4S/c12-9-5-6-10(14-13-9)15-20(18,19)8-3-1-7(2-4-8)11(16)17/h1-6H,(H,14,15)(H,16,17). The summed E-state index contributed by atoms with van der Waals surface area (Å²) in [5, 5.41) is 16.0. The van der Waals surface area contributed by atoms with Crippen LogP contribution in [-0.2, 0) is 10.0 Å². The number of sulfonamides is 1. The summed E-state index contributed by atoms with van der Waals surface area (Å²) in [6.07, 6.45) is 0. The Hall–Kier alpha value is -2.19. The van der Waals surface area contributed by atoms with Gasteiger partial charge in [-0.05, 0) is 36.4 Å². The molecule has 9 heteroatoms. The van der Waals surface area contributed by atoms with E-state index in [-0.39, 0.29) is 21.4 Å². The molecule has 0 radical (unpaired) electrons. The van der Waals surface area contributed by atoms with Gasteiger partial charge in [0, 0.05) is 0 Å². The largest absolute Gasteiger partial charge is 0.478 e. The minimum absolute atomic E-state index is 0.00441. The monoisotopic (exact) mass is 313 g/mol. The Bertz CT molecular complexity index is 729. The smallest absolute Gasteiger partial charge is 0.335 e. The van der Waals surface area contributed by atoms with E-state index in [1.54, 1.807) is 0 Å². The van der Waals surface area contributed by atoms with E-state index in [0.29, 0.717) is 0 Å². The van der Waals surface area contributed by atoms with E-state index in [9.17, 15) is 13.2 Å². The van der Waals surface area contributed by atoms with Crippen molar-refractivity contribution in [2.24, 2.45) is 0 Å². The molecule has 1 aromatic carbocycles. The zero-order chi connectivity index (χ0) is 14.8. The highest BCUT2D eigenvalue weighted by atomic mass is 35.5. The van der Waals surface area contributed by atoms with Gasteiger partial charge < -0.3 is 5.11 Å². The lowest BCUT2D eigenvalue weighted by Crippen LogP contribution is -2.14. The molecule has 0 fully saturated rings. The first kappa shape index (κ1) is 14.2. The average molecular weight is 314 g/mol. The Balaban J connectivity index is 2.26. The van der Waals surface area contributed by atoms with Crippen LogP contribution in [0.3, 0.4) is 0 Å². The van der Waals surface area contributed by atoms with E-state index < -0.39 is 16.0 Å². The van der Waals surface area contributed by atoms with E-state index in [1.807, 2.05) is 0 Å². The fourth-order valence-electron chi connectivity index (χ4n) is 1.34. The van der Waals surface area contributed by atoms with Crippen molar-refractivity contribution in [3.63, 3.8) is 0 Å². The van der Waals surface area contributed by atoms with Crippen LogP contribution in [0.1, 0.15) is 10.4 Å². The van der Waals surface area contributed by atoms with Gasteiger partial charge in [0.15, 0.2) is 11.0 Å². The number of hydrogen-bond acceptors (Lipinski definition) is 5. The second-order valence-electron chi connectivity index (χ2n) is 3.68. The van der Waals surface area contributed by atoms with Crippen LogP contribution in [0, 0.1) is 0 Å². The van der Waals surface area contributed by atoms with Crippen LogP contribution in [0.25, 0.3) is 0 Å². The molecule has 0 saturated carbocycles. The lowest BCUT2D eigenvalue weighted by Gasteiger charge is -2.06. The van der Waals surface area contributed by atoms with Crippen molar-refractivity contribution in [3.8, 4) is 0 Å². The molecule has 0 aliphatic heterocycles. The van der Waals surface area contributed by atoms with Crippen molar-refractivity contribution in [2.45, 2.75) is 4.90 Å².